The molecular weight excluding hydrogens is 376 g/mol. The van der Waals surface area contributed by atoms with Gasteiger partial charge in [0.15, 0.2) is 6.29 Å². The molecule has 2 saturated heterocycles. The Morgan fingerprint density at radius 1 is 1.11 bits per heavy atom. The number of aliphatic hydroxyl groups excluding tert-OH is 8. The quantitative estimate of drug-likeness (QED) is 0.194. The number of rotatable bonds is 7. The summed E-state index contributed by atoms with van der Waals surface area (Å²) in [4.78, 5) is 11.7. The van der Waals surface area contributed by atoms with Gasteiger partial charge in [0.2, 0.25) is 0 Å². The van der Waals surface area contributed by atoms with Crippen molar-refractivity contribution in [2.75, 3.05) is 13.2 Å². The van der Waals surface area contributed by atoms with Crippen molar-refractivity contribution >= 4 is 5.97 Å². The van der Waals surface area contributed by atoms with E-state index in [1.54, 1.807) is 0 Å². The van der Waals surface area contributed by atoms with E-state index in [0.29, 0.717) is 0 Å². The van der Waals surface area contributed by atoms with Gasteiger partial charge in [-0.25, -0.2) is 4.79 Å². The van der Waals surface area contributed by atoms with Crippen LogP contribution in [0.4, 0.5) is 0 Å². The van der Waals surface area contributed by atoms with Gasteiger partial charge in [-0.05, 0) is 0 Å². The van der Waals surface area contributed by atoms with Crippen LogP contribution >= 0.6 is 0 Å². The maximum atomic E-state index is 11.7. The van der Waals surface area contributed by atoms with Crippen LogP contribution in [-0.2, 0) is 19.0 Å². The first-order chi connectivity index (χ1) is 12.5. The molecule has 10 atom stereocenters. The Labute approximate surface area is 152 Å². The van der Waals surface area contributed by atoms with Gasteiger partial charge >= 0.3 is 5.97 Å². The summed E-state index contributed by atoms with van der Waals surface area (Å²) in [6, 6.07) is 0. The molecule has 13 heteroatoms. The maximum Gasteiger partial charge on any atom is 0.364 e. The number of aliphatic hydroxyl groups is 8. The van der Waals surface area contributed by atoms with Crippen LogP contribution in [0, 0.1) is 0 Å². The third-order valence-electron chi connectivity index (χ3n) is 4.60. The highest BCUT2D eigenvalue weighted by Crippen LogP contribution is 2.34. The van der Waals surface area contributed by atoms with E-state index in [0.717, 1.165) is 0 Å². The molecular formula is C14H24O13. The number of ether oxygens (including phenoxy) is 3. The summed E-state index contributed by atoms with van der Waals surface area (Å²) in [6.07, 6.45) is -16.2. The zero-order valence-electron chi connectivity index (χ0n) is 14.0. The van der Waals surface area contributed by atoms with Gasteiger partial charge in [0, 0.05) is 6.42 Å². The van der Waals surface area contributed by atoms with Crippen molar-refractivity contribution in [2.24, 2.45) is 0 Å². The summed E-state index contributed by atoms with van der Waals surface area (Å²) < 4.78 is 15.1. The lowest BCUT2D eigenvalue weighted by atomic mass is 9.90. The number of hydrogen-bond acceptors (Lipinski definition) is 12. The first kappa shape index (κ1) is 22.3. The molecule has 0 aromatic carbocycles. The van der Waals surface area contributed by atoms with Crippen molar-refractivity contribution in [3.8, 4) is 0 Å². The molecule has 2 heterocycles. The highest BCUT2D eigenvalue weighted by atomic mass is 16.7. The van der Waals surface area contributed by atoms with Gasteiger partial charge in [-0.3, -0.25) is 0 Å². The minimum atomic E-state index is -2.61. The highest BCUT2D eigenvalue weighted by Gasteiger charge is 2.56. The Bertz CT molecular complexity index is 517. The monoisotopic (exact) mass is 400 g/mol. The SMILES string of the molecule is O=C(O)[C@]1(OC[C@H]2O[C@H](O)[C@H](O)[C@@H]2O)C[C@H](O)[C@@H](O)[C@H]([C@H](O)[C@H](O)CO)O1. The number of carbonyl (C=O) groups is 1. The summed E-state index contributed by atoms with van der Waals surface area (Å²) in [5.74, 6) is -4.36. The topological polar surface area (TPSA) is 227 Å². The second-order valence-corrected chi connectivity index (χ2v) is 6.50. The fraction of sp³-hybridized carbons (Fsp3) is 0.929. The minimum Gasteiger partial charge on any atom is -0.477 e. The molecule has 0 aromatic rings. The molecule has 2 aliphatic heterocycles. The average Bonchev–Trinajstić information content (AvgIpc) is 2.88. The largest absolute Gasteiger partial charge is 0.477 e. The van der Waals surface area contributed by atoms with E-state index in [-0.39, 0.29) is 0 Å². The van der Waals surface area contributed by atoms with Gasteiger partial charge < -0.3 is 60.2 Å². The molecule has 13 nitrogen and oxygen atoms in total. The van der Waals surface area contributed by atoms with Crippen LogP contribution in [0.1, 0.15) is 6.42 Å². The number of carboxylic acids is 1. The van der Waals surface area contributed by atoms with E-state index in [2.05, 4.69) is 0 Å². The lowest BCUT2D eigenvalue weighted by Crippen LogP contribution is -2.64. The molecule has 2 rings (SSSR count). The van der Waals surface area contributed by atoms with Crippen molar-refractivity contribution in [1.29, 1.82) is 0 Å². The molecule has 2 fully saturated rings. The second kappa shape index (κ2) is 8.59. The van der Waals surface area contributed by atoms with E-state index in [9.17, 15) is 45.6 Å². The fourth-order valence-corrected chi connectivity index (χ4v) is 2.93. The van der Waals surface area contributed by atoms with Gasteiger partial charge in [-0.2, -0.15) is 0 Å². The van der Waals surface area contributed by atoms with Gasteiger partial charge in [0.1, 0.15) is 42.7 Å². The lowest BCUT2D eigenvalue weighted by molar-refractivity contribution is -0.332. The van der Waals surface area contributed by atoms with Crippen LogP contribution < -0.4 is 0 Å². The smallest absolute Gasteiger partial charge is 0.364 e. The fourth-order valence-electron chi connectivity index (χ4n) is 2.93. The third-order valence-corrected chi connectivity index (χ3v) is 4.60. The van der Waals surface area contributed by atoms with Crippen molar-refractivity contribution in [3.05, 3.63) is 0 Å². The van der Waals surface area contributed by atoms with Crippen LogP contribution in [0.25, 0.3) is 0 Å². The Kier molecular flexibility index (Phi) is 7.10. The standard InChI is InChI=1S/C14H24O13/c15-2-5(17)8(19)11-7(18)4(16)1-14(27-11,13(23)24)25-3-6-9(20)10(21)12(22)26-6/h4-12,15-22H,1-3H2,(H,23,24)/t4-,5+,6+,7+,8+,9+,10+,11+,12-,14-/m0/s1. The second-order valence-electron chi connectivity index (χ2n) is 6.50. The summed E-state index contributed by atoms with van der Waals surface area (Å²) in [5, 5.41) is 86.3. The van der Waals surface area contributed by atoms with Gasteiger partial charge in [0.05, 0.1) is 19.3 Å². The molecule has 0 radical (unpaired) electrons. The Morgan fingerprint density at radius 2 is 1.74 bits per heavy atom. The zero-order valence-corrected chi connectivity index (χ0v) is 14.0. The molecule has 9 N–H and O–H groups in total. The predicted molar refractivity (Wildman–Crippen MR) is 79.8 cm³/mol. The van der Waals surface area contributed by atoms with Gasteiger partial charge in [0.25, 0.3) is 5.79 Å². The lowest BCUT2D eigenvalue weighted by Gasteiger charge is -2.44. The summed E-state index contributed by atoms with van der Waals surface area (Å²) >= 11 is 0. The molecule has 0 aromatic heterocycles. The molecule has 27 heavy (non-hydrogen) atoms. The summed E-state index contributed by atoms with van der Waals surface area (Å²) in [6.45, 7) is -1.63. The number of aliphatic carboxylic acids is 1. The van der Waals surface area contributed by atoms with Crippen molar-refractivity contribution in [3.63, 3.8) is 0 Å². The van der Waals surface area contributed by atoms with Crippen LogP contribution in [-0.4, -0.2) is 126 Å². The van der Waals surface area contributed by atoms with Crippen LogP contribution in [0.5, 0.6) is 0 Å². The molecule has 158 valence electrons. The molecule has 0 saturated carbocycles. The van der Waals surface area contributed by atoms with Crippen LogP contribution in [0.15, 0.2) is 0 Å². The highest BCUT2D eigenvalue weighted by molar-refractivity contribution is 5.76. The Hall–Kier alpha value is -0.970. The number of carboxylic acid groups (broad SMARTS) is 1. The number of hydrogen-bond donors (Lipinski definition) is 9. The Morgan fingerprint density at radius 3 is 2.22 bits per heavy atom. The Balaban J connectivity index is 2.17. The molecule has 0 amide bonds. The van der Waals surface area contributed by atoms with E-state index >= 15 is 0 Å². The van der Waals surface area contributed by atoms with Gasteiger partial charge in [-0.1, -0.05) is 0 Å². The first-order valence-electron chi connectivity index (χ1n) is 8.12. The van der Waals surface area contributed by atoms with Crippen LogP contribution in [0.3, 0.4) is 0 Å². The molecule has 2 aliphatic rings. The molecule has 0 aliphatic carbocycles. The van der Waals surface area contributed by atoms with E-state index < -0.39 is 86.5 Å². The van der Waals surface area contributed by atoms with Crippen molar-refractivity contribution < 1.29 is 65.0 Å². The molecule has 0 spiro atoms. The van der Waals surface area contributed by atoms with Gasteiger partial charge in [-0.15, -0.1) is 0 Å². The normalized spacial score (nSPS) is 44.8. The first-order valence-corrected chi connectivity index (χ1v) is 8.12. The van der Waals surface area contributed by atoms with Crippen molar-refractivity contribution in [2.45, 2.75) is 67.3 Å². The summed E-state index contributed by atoms with van der Waals surface area (Å²) in [5.41, 5.74) is 0. The third kappa shape index (κ3) is 4.38. The van der Waals surface area contributed by atoms with E-state index in [4.69, 9.17) is 19.3 Å². The van der Waals surface area contributed by atoms with Crippen LogP contribution in [0.2, 0.25) is 0 Å². The average molecular weight is 400 g/mol. The van der Waals surface area contributed by atoms with Crippen molar-refractivity contribution in [1.82, 2.24) is 0 Å². The van der Waals surface area contributed by atoms with E-state index in [1.807, 2.05) is 0 Å². The predicted octanol–water partition coefficient (Wildman–Crippen LogP) is -5.55. The summed E-state index contributed by atoms with van der Waals surface area (Å²) in [7, 11) is 0. The molecule has 0 bridgehead atoms. The minimum absolute atomic E-state index is 0.699. The van der Waals surface area contributed by atoms with E-state index in [1.165, 1.54) is 0 Å². The molecule has 0 unspecified atom stereocenters. The maximum absolute atomic E-state index is 11.7. The zero-order chi connectivity index (χ0) is 20.5.